The Kier molecular flexibility index (Phi) is 4.46. The van der Waals surface area contributed by atoms with Gasteiger partial charge < -0.3 is 5.32 Å². The molecule has 18 heavy (non-hydrogen) atoms. The molecule has 3 nitrogen and oxygen atoms in total. The fraction of sp³-hybridized carbons (Fsp3) is 0.167. The van der Waals surface area contributed by atoms with Crippen molar-refractivity contribution in [1.29, 1.82) is 0 Å². The first kappa shape index (κ1) is 12.8. The zero-order valence-corrected chi connectivity index (χ0v) is 10.2. The van der Waals surface area contributed by atoms with Crippen molar-refractivity contribution < 1.29 is 8.78 Å². The van der Waals surface area contributed by atoms with E-state index in [0.717, 1.165) is 5.69 Å². The number of nitrogens with one attached hydrogen (secondary N) is 1. The second-order valence-electron chi connectivity index (χ2n) is 3.43. The average Bonchev–Trinajstić information content (AvgIpc) is 2.38. The fourth-order valence-corrected chi connectivity index (χ4v) is 2.04. The number of halogens is 2. The van der Waals surface area contributed by atoms with Crippen LogP contribution in [-0.2, 0) is 6.54 Å². The Balaban J connectivity index is 2.05. The molecule has 0 bridgehead atoms. The van der Waals surface area contributed by atoms with Gasteiger partial charge in [-0.15, -0.1) is 0 Å². The first-order chi connectivity index (χ1) is 8.75. The molecule has 6 heteroatoms. The lowest BCUT2D eigenvalue weighted by Gasteiger charge is -2.10. The van der Waals surface area contributed by atoms with Gasteiger partial charge in [0.05, 0.1) is 12.2 Å². The van der Waals surface area contributed by atoms with Gasteiger partial charge in [0.2, 0.25) is 0 Å². The summed E-state index contributed by atoms with van der Waals surface area (Å²) in [5.74, 6) is -2.42. The molecular formula is C12H11F2N3S. The van der Waals surface area contributed by atoms with Crippen LogP contribution in [0.1, 0.15) is 5.69 Å². The van der Waals surface area contributed by atoms with Gasteiger partial charge >= 0.3 is 0 Å². The van der Waals surface area contributed by atoms with Crippen molar-refractivity contribution in [3.63, 3.8) is 0 Å². The van der Waals surface area contributed by atoms with Crippen molar-refractivity contribution in [2.45, 2.75) is 17.2 Å². The second-order valence-corrected chi connectivity index (χ2v) is 4.46. The van der Waals surface area contributed by atoms with Crippen LogP contribution < -0.4 is 5.32 Å². The van der Waals surface area contributed by atoms with Crippen LogP contribution in [0.15, 0.2) is 47.8 Å². The maximum absolute atomic E-state index is 12.4. The molecule has 0 unspecified atom stereocenters. The third-order valence-electron chi connectivity index (χ3n) is 2.21. The summed E-state index contributed by atoms with van der Waals surface area (Å²) >= 11 is 0.532. The van der Waals surface area contributed by atoms with Gasteiger partial charge in [-0.1, -0.05) is 23.9 Å². The zero-order valence-electron chi connectivity index (χ0n) is 9.38. The predicted octanol–water partition coefficient (Wildman–Crippen LogP) is 3.40. The van der Waals surface area contributed by atoms with Crippen molar-refractivity contribution in [2.75, 3.05) is 5.32 Å². The van der Waals surface area contributed by atoms with Gasteiger partial charge in [0.15, 0.2) is 0 Å². The summed E-state index contributed by atoms with van der Waals surface area (Å²) in [6.07, 6.45) is 3.10. The van der Waals surface area contributed by atoms with Crippen molar-refractivity contribution in [3.05, 3.63) is 48.5 Å². The van der Waals surface area contributed by atoms with E-state index in [9.17, 15) is 8.78 Å². The van der Waals surface area contributed by atoms with Gasteiger partial charge in [-0.2, -0.15) is 8.78 Å². The monoisotopic (exact) mass is 267 g/mol. The lowest BCUT2D eigenvalue weighted by molar-refractivity contribution is 0.252. The maximum atomic E-state index is 12.4. The van der Waals surface area contributed by atoms with E-state index in [2.05, 4.69) is 15.3 Å². The molecular weight excluding hydrogens is 256 g/mol. The van der Waals surface area contributed by atoms with E-state index in [4.69, 9.17) is 0 Å². The Hall–Kier alpha value is -1.69. The van der Waals surface area contributed by atoms with E-state index in [1.807, 2.05) is 0 Å². The lowest BCUT2D eigenvalue weighted by Crippen LogP contribution is -2.02. The highest BCUT2D eigenvalue weighted by molar-refractivity contribution is 7.99. The molecule has 2 rings (SSSR count). The molecule has 0 saturated heterocycles. The Morgan fingerprint density at radius 2 is 2.06 bits per heavy atom. The third-order valence-corrected chi connectivity index (χ3v) is 2.99. The SMILES string of the molecule is FC(F)Sc1ccccc1NCc1ccncn1. The van der Waals surface area contributed by atoms with E-state index in [1.54, 1.807) is 36.5 Å². The Morgan fingerprint density at radius 3 is 2.78 bits per heavy atom. The summed E-state index contributed by atoms with van der Waals surface area (Å²) in [4.78, 5) is 8.40. The molecule has 0 saturated carbocycles. The second kappa shape index (κ2) is 6.30. The number of alkyl halides is 2. The lowest BCUT2D eigenvalue weighted by atomic mass is 10.3. The van der Waals surface area contributed by atoms with Gasteiger partial charge in [-0.25, -0.2) is 9.97 Å². The van der Waals surface area contributed by atoms with Crippen molar-refractivity contribution >= 4 is 17.4 Å². The van der Waals surface area contributed by atoms with Crippen LogP contribution in [0.5, 0.6) is 0 Å². The van der Waals surface area contributed by atoms with Crippen molar-refractivity contribution in [3.8, 4) is 0 Å². The number of rotatable bonds is 5. The summed E-state index contributed by atoms with van der Waals surface area (Å²) in [6.45, 7) is 0.476. The number of benzene rings is 1. The van der Waals surface area contributed by atoms with E-state index >= 15 is 0 Å². The summed E-state index contributed by atoms with van der Waals surface area (Å²) in [7, 11) is 0. The molecule has 2 aromatic rings. The average molecular weight is 267 g/mol. The van der Waals surface area contributed by atoms with Crippen LogP contribution in [-0.4, -0.2) is 15.7 Å². The molecule has 1 heterocycles. The predicted molar refractivity (Wildman–Crippen MR) is 67.7 cm³/mol. The Labute approximate surface area is 108 Å². The highest BCUT2D eigenvalue weighted by atomic mass is 32.2. The number of hydrogen-bond donors (Lipinski definition) is 1. The van der Waals surface area contributed by atoms with Crippen LogP contribution in [0, 0.1) is 0 Å². The standard InChI is InChI=1S/C12H11F2N3S/c13-12(14)18-11-4-2-1-3-10(11)16-7-9-5-6-15-8-17-9/h1-6,8,12,16H,7H2. The van der Waals surface area contributed by atoms with Crippen LogP contribution in [0.2, 0.25) is 0 Å². The Bertz CT molecular complexity index is 494. The van der Waals surface area contributed by atoms with Crippen LogP contribution in [0.3, 0.4) is 0 Å². The summed E-state index contributed by atoms with van der Waals surface area (Å²) in [5, 5.41) is 3.09. The minimum atomic E-state index is -2.42. The minimum Gasteiger partial charge on any atom is -0.378 e. The van der Waals surface area contributed by atoms with E-state index in [0.29, 0.717) is 28.9 Å². The first-order valence-corrected chi connectivity index (χ1v) is 6.16. The highest BCUT2D eigenvalue weighted by Crippen LogP contribution is 2.31. The molecule has 0 amide bonds. The smallest absolute Gasteiger partial charge is 0.288 e. The molecule has 0 fully saturated rings. The van der Waals surface area contributed by atoms with Gasteiger partial charge in [0, 0.05) is 16.8 Å². The molecule has 1 N–H and O–H groups in total. The van der Waals surface area contributed by atoms with E-state index in [-0.39, 0.29) is 0 Å². The van der Waals surface area contributed by atoms with Crippen LogP contribution in [0.4, 0.5) is 14.5 Å². The molecule has 0 aliphatic rings. The number of anilines is 1. The number of nitrogens with zero attached hydrogens (tertiary/aromatic N) is 2. The van der Waals surface area contributed by atoms with E-state index < -0.39 is 5.76 Å². The molecule has 1 aromatic carbocycles. The quantitative estimate of drug-likeness (QED) is 0.842. The highest BCUT2D eigenvalue weighted by Gasteiger charge is 2.09. The van der Waals surface area contributed by atoms with Crippen molar-refractivity contribution in [1.82, 2.24) is 9.97 Å². The van der Waals surface area contributed by atoms with Gasteiger partial charge in [0.1, 0.15) is 6.33 Å². The molecule has 0 spiro atoms. The zero-order chi connectivity index (χ0) is 12.8. The number of para-hydroxylation sites is 1. The van der Waals surface area contributed by atoms with Crippen LogP contribution in [0.25, 0.3) is 0 Å². The van der Waals surface area contributed by atoms with E-state index in [1.165, 1.54) is 6.33 Å². The maximum Gasteiger partial charge on any atom is 0.288 e. The molecule has 0 atom stereocenters. The number of thioether (sulfide) groups is 1. The molecule has 0 aliphatic carbocycles. The number of hydrogen-bond acceptors (Lipinski definition) is 4. The summed E-state index contributed by atoms with van der Waals surface area (Å²) < 4.78 is 24.8. The molecule has 0 radical (unpaired) electrons. The molecule has 0 aliphatic heterocycles. The summed E-state index contributed by atoms with van der Waals surface area (Å²) in [6, 6.07) is 8.75. The van der Waals surface area contributed by atoms with Gasteiger partial charge in [-0.3, -0.25) is 0 Å². The molecule has 1 aromatic heterocycles. The van der Waals surface area contributed by atoms with Crippen molar-refractivity contribution in [2.24, 2.45) is 0 Å². The minimum absolute atomic E-state index is 0.476. The first-order valence-electron chi connectivity index (χ1n) is 5.28. The fourth-order valence-electron chi connectivity index (χ4n) is 1.42. The normalized spacial score (nSPS) is 10.6. The van der Waals surface area contributed by atoms with Gasteiger partial charge in [0.25, 0.3) is 5.76 Å². The largest absolute Gasteiger partial charge is 0.378 e. The van der Waals surface area contributed by atoms with Crippen LogP contribution >= 0.6 is 11.8 Å². The number of aromatic nitrogens is 2. The van der Waals surface area contributed by atoms with Gasteiger partial charge in [-0.05, 0) is 18.2 Å². The third kappa shape index (κ3) is 3.66. The Morgan fingerprint density at radius 1 is 1.22 bits per heavy atom. The summed E-state index contributed by atoms with van der Waals surface area (Å²) in [5.41, 5.74) is 1.49. The topological polar surface area (TPSA) is 37.8 Å². The molecule has 94 valence electrons.